The van der Waals surface area contributed by atoms with Gasteiger partial charge in [0.1, 0.15) is 0 Å². The fraction of sp³-hybridized carbons (Fsp3) is 0.632. The van der Waals surface area contributed by atoms with Crippen LogP contribution < -0.4 is 4.72 Å². The first kappa shape index (κ1) is 18.4. The lowest BCUT2D eigenvalue weighted by atomic mass is 9.91. The zero-order valence-electron chi connectivity index (χ0n) is 15.1. The molecule has 1 aromatic carbocycles. The summed E-state index contributed by atoms with van der Waals surface area (Å²) in [5.41, 5.74) is 0.454. The van der Waals surface area contributed by atoms with E-state index in [1.165, 1.54) is 6.07 Å². The van der Waals surface area contributed by atoms with Crippen molar-refractivity contribution < 1.29 is 13.2 Å². The predicted octanol–water partition coefficient (Wildman–Crippen LogP) is 3.03. The van der Waals surface area contributed by atoms with Gasteiger partial charge in [0.05, 0.1) is 4.90 Å². The molecule has 1 heterocycles. The van der Waals surface area contributed by atoms with Crippen LogP contribution in [0.1, 0.15) is 56.3 Å². The van der Waals surface area contributed by atoms with Gasteiger partial charge in [-0.3, -0.25) is 4.79 Å². The maximum Gasteiger partial charge on any atom is 0.253 e. The first-order valence-electron chi connectivity index (χ1n) is 9.27. The van der Waals surface area contributed by atoms with Gasteiger partial charge in [0.25, 0.3) is 5.91 Å². The largest absolute Gasteiger partial charge is 0.338 e. The van der Waals surface area contributed by atoms with Gasteiger partial charge in [0, 0.05) is 24.7 Å². The minimum Gasteiger partial charge on any atom is -0.338 e. The zero-order chi connectivity index (χ0) is 18.0. The second kappa shape index (κ2) is 7.46. The SMILES string of the molecule is CC1CC(C)CN(C(=O)c2cccc(S(=O)(=O)NC3CCCC3)c2)C1. The summed E-state index contributed by atoms with van der Waals surface area (Å²) >= 11 is 0. The maximum absolute atomic E-state index is 12.8. The number of hydrogen-bond acceptors (Lipinski definition) is 3. The molecule has 1 saturated heterocycles. The molecule has 1 aliphatic carbocycles. The molecular formula is C19H28N2O3S. The molecule has 1 N–H and O–H groups in total. The molecule has 1 amide bonds. The molecule has 25 heavy (non-hydrogen) atoms. The van der Waals surface area contributed by atoms with Crippen molar-refractivity contribution in [1.82, 2.24) is 9.62 Å². The number of amides is 1. The highest BCUT2D eigenvalue weighted by molar-refractivity contribution is 7.89. The average Bonchev–Trinajstić information content (AvgIpc) is 3.05. The van der Waals surface area contributed by atoms with E-state index in [2.05, 4.69) is 18.6 Å². The maximum atomic E-state index is 12.8. The van der Waals surface area contributed by atoms with Crippen molar-refractivity contribution in [2.45, 2.75) is 56.9 Å². The van der Waals surface area contributed by atoms with Crippen molar-refractivity contribution >= 4 is 15.9 Å². The topological polar surface area (TPSA) is 66.5 Å². The Kier molecular flexibility index (Phi) is 5.49. The number of likely N-dealkylation sites (tertiary alicyclic amines) is 1. The Hall–Kier alpha value is -1.40. The minimum absolute atomic E-state index is 0.0214. The van der Waals surface area contributed by atoms with E-state index in [-0.39, 0.29) is 16.8 Å². The second-order valence-electron chi connectivity index (χ2n) is 7.79. The van der Waals surface area contributed by atoms with E-state index in [9.17, 15) is 13.2 Å². The summed E-state index contributed by atoms with van der Waals surface area (Å²) < 4.78 is 28.0. The van der Waals surface area contributed by atoms with Crippen LogP contribution in [0.3, 0.4) is 0 Å². The molecule has 0 spiro atoms. The lowest BCUT2D eigenvalue weighted by Gasteiger charge is -2.35. The molecule has 5 nitrogen and oxygen atoms in total. The van der Waals surface area contributed by atoms with Crippen LogP contribution in [0.4, 0.5) is 0 Å². The number of nitrogens with one attached hydrogen (secondary N) is 1. The molecule has 1 saturated carbocycles. The van der Waals surface area contributed by atoms with E-state index < -0.39 is 10.0 Å². The van der Waals surface area contributed by atoms with Crippen LogP contribution in [0.5, 0.6) is 0 Å². The Morgan fingerprint density at radius 3 is 2.40 bits per heavy atom. The third-order valence-electron chi connectivity index (χ3n) is 5.22. The Bertz CT molecular complexity index is 716. The lowest BCUT2D eigenvalue weighted by Crippen LogP contribution is -2.42. The van der Waals surface area contributed by atoms with E-state index in [1.807, 2.05) is 4.90 Å². The molecule has 1 aromatic rings. The van der Waals surface area contributed by atoms with Crippen molar-refractivity contribution in [1.29, 1.82) is 0 Å². The van der Waals surface area contributed by atoms with Crippen molar-refractivity contribution in [2.24, 2.45) is 11.8 Å². The van der Waals surface area contributed by atoms with Gasteiger partial charge in [-0.25, -0.2) is 13.1 Å². The van der Waals surface area contributed by atoms with Gasteiger partial charge in [-0.1, -0.05) is 32.8 Å². The highest BCUT2D eigenvalue weighted by Crippen LogP contribution is 2.24. The van der Waals surface area contributed by atoms with Crippen LogP contribution in [-0.2, 0) is 10.0 Å². The number of carbonyl (C=O) groups is 1. The molecule has 0 radical (unpaired) electrons. The first-order valence-corrected chi connectivity index (χ1v) is 10.7. The smallest absolute Gasteiger partial charge is 0.253 e. The second-order valence-corrected chi connectivity index (χ2v) is 9.50. The molecule has 2 atom stereocenters. The van der Waals surface area contributed by atoms with Gasteiger partial charge in [0.2, 0.25) is 10.0 Å². The normalized spacial score (nSPS) is 25.3. The van der Waals surface area contributed by atoms with Crippen molar-refractivity contribution in [3.63, 3.8) is 0 Å². The number of benzene rings is 1. The van der Waals surface area contributed by atoms with Gasteiger partial charge < -0.3 is 4.90 Å². The summed E-state index contributed by atoms with van der Waals surface area (Å²) in [6.45, 7) is 5.78. The fourth-order valence-electron chi connectivity index (χ4n) is 4.14. The summed E-state index contributed by atoms with van der Waals surface area (Å²) in [4.78, 5) is 14.9. The molecule has 0 bridgehead atoms. The quantitative estimate of drug-likeness (QED) is 0.893. The molecule has 3 rings (SSSR count). The molecule has 2 aliphatic rings. The number of rotatable bonds is 4. The Labute approximate surface area is 150 Å². The van der Waals surface area contributed by atoms with Crippen LogP contribution in [0.25, 0.3) is 0 Å². The monoisotopic (exact) mass is 364 g/mol. The van der Waals surface area contributed by atoms with Crippen LogP contribution in [0.2, 0.25) is 0 Å². The highest BCUT2D eigenvalue weighted by Gasteiger charge is 2.27. The van der Waals surface area contributed by atoms with Crippen LogP contribution in [-0.4, -0.2) is 38.4 Å². The van der Waals surface area contributed by atoms with E-state index in [0.29, 0.717) is 17.4 Å². The Morgan fingerprint density at radius 1 is 1.12 bits per heavy atom. The Balaban J connectivity index is 1.77. The van der Waals surface area contributed by atoms with Crippen LogP contribution >= 0.6 is 0 Å². The fourth-order valence-corrected chi connectivity index (χ4v) is 5.49. The Morgan fingerprint density at radius 2 is 1.76 bits per heavy atom. The summed E-state index contributed by atoms with van der Waals surface area (Å²) in [7, 11) is -3.57. The van der Waals surface area contributed by atoms with Gasteiger partial charge in [0.15, 0.2) is 0 Å². The van der Waals surface area contributed by atoms with Gasteiger partial charge >= 0.3 is 0 Å². The number of sulfonamides is 1. The molecular weight excluding hydrogens is 336 g/mol. The standard InChI is InChI=1S/C19H28N2O3S/c1-14-10-15(2)13-21(12-14)19(22)16-6-5-9-18(11-16)25(23,24)20-17-7-3-4-8-17/h5-6,9,11,14-15,17,20H,3-4,7-8,10,12-13H2,1-2H3. The summed E-state index contributed by atoms with van der Waals surface area (Å²) in [5, 5.41) is 0. The predicted molar refractivity (Wildman–Crippen MR) is 97.9 cm³/mol. The van der Waals surface area contributed by atoms with Crippen molar-refractivity contribution in [3.05, 3.63) is 29.8 Å². The average molecular weight is 365 g/mol. The van der Waals surface area contributed by atoms with Gasteiger partial charge in [-0.15, -0.1) is 0 Å². The number of piperidine rings is 1. The third kappa shape index (κ3) is 4.42. The van der Waals surface area contributed by atoms with Gasteiger partial charge in [-0.2, -0.15) is 0 Å². The summed E-state index contributed by atoms with van der Waals surface area (Å²) in [6, 6.07) is 6.47. The van der Waals surface area contributed by atoms with Gasteiger partial charge in [-0.05, 0) is 49.3 Å². The molecule has 138 valence electrons. The zero-order valence-corrected chi connectivity index (χ0v) is 15.9. The van der Waals surface area contributed by atoms with E-state index >= 15 is 0 Å². The van der Waals surface area contributed by atoms with E-state index in [4.69, 9.17) is 0 Å². The van der Waals surface area contributed by atoms with Crippen LogP contribution in [0.15, 0.2) is 29.2 Å². The minimum atomic E-state index is -3.57. The number of nitrogens with zero attached hydrogens (tertiary/aromatic N) is 1. The molecule has 6 heteroatoms. The van der Waals surface area contributed by atoms with Crippen LogP contribution in [0, 0.1) is 11.8 Å². The third-order valence-corrected chi connectivity index (χ3v) is 6.74. The van der Waals surface area contributed by atoms with E-state index in [0.717, 1.165) is 45.2 Å². The summed E-state index contributed by atoms with van der Waals surface area (Å²) in [5.74, 6) is 0.878. The molecule has 1 aliphatic heterocycles. The summed E-state index contributed by atoms with van der Waals surface area (Å²) in [6.07, 6.45) is 5.04. The molecule has 0 aromatic heterocycles. The van der Waals surface area contributed by atoms with Crippen molar-refractivity contribution in [3.8, 4) is 0 Å². The number of hydrogen-bond donors (Lipinski definition) is 1. The number of carbonyl (C=O) groups excluding carboxylic acids is 1. The molecule has 2 fully saturated rings. The van der Waals surface area contributed by atoms with E-state index in [1.54, 1.807) is 18.2 Å². The molecule has 2 unspecified atom stereocenters. The van der Waals surface area contributed by atoms with Crippen molar-refractivity contribution in [2.75, 3.05) is 13.1 Å². The first-order chi connectivity index (χ1) is 11.8. The lowest BCUT2D eigenvalue weighted by molar-refractivity contribution is 0.0623. The highest BCUT2D eigenvalue weighted by atomic mass is 32.2.